The Morgan fingerprint density at radius 1 is 1.33 bits per heavy atom. The number of rotatable bonds is 6. The fourth-order valence-electron chi connectivity index (χ4n) is 2.59. The lowest BCUT2D eigenvalue weighted by Crippen LogP contribution is -2.50. The van der Waals surface area contributed by atoms with Crippen molar-refractivity contribution in [3.8, 4) is 0 Å². The van der Waals surface area contributed by atoms with E-state index in [4.69, 9.17) is 16.3 Å². The van der Waals surface area contributed by atoms with Crippen molar-refractivity contribution in [2.45, 2.75) is 31.7 Å². The summed E-state index contributed by atoms with van der Waals surface area (Å²) in [5.74, 6) is 1.64. The maximum Gasteiger partial charge on any atom is 0.230 e. The highest BCUT2D eigenvalue weighted by Gasteiger charge is 2.35. The summed E-state index contributed by atoms with van der Waals surface area (Å²) < 4.78 is 5.47. The number of nitrogens with one attached hydrogen (secondary N) is 1. The Morgan fingerprint density at radius 2 is 2.00 bits per heavy atom. The maximum absolute atomic E-state index is 12.2. The lowest BCUT2D eigenvalue weighted by atomic mass is 9.82. The summed E-state index contributed by atoms with van der Waals surface area (Å²) in [5, 5.41) is 3.96. The predicted octanol–water partition coefficient (Wildman–Crippen LogP) is 3.61. The van der Waals surface area contributed by atoms with Gasteiger partial charge in [-0.1, -0.05) is 30.7 Å². The SMILES string of the molecule is CCCSCC(=O)NC1(c2ccc(Cl)cc2)CCOCC1. The van der Waals surface area contributed by atoms with Crippen LogP contribution in [0.5, 0.6) is 0 Å². The Labute approximate surface area is 135 Å². The number of ether oxygens (including phenoxy) is 1. The Hall–Kier alpha value is -0.710. The molecular weight excluding hydrogens is 306 g/mol. The minimum atomic E-state index is -0.313. The third-order valence-corrected chi connectivity index (χ3v) is 5.12. The molecule has 2 rings (SSSR count). The second-order valence-corrected chi connectivity index (χ2v) is 6.84. The van der Waals surface area contributed by atoms with Crippen molar-refractivity contribution in [3.05, 3.63) is 34.9 Å². The number of carbonyl (C=O) groups is 1. The van der Waals surface area contributed by atoms with Crippen LogP contribution in [0, 0.1) is 0 Å². The molecule has 1 heterocycles. The quantitative estimate of drug-likeness (QED) is 0.811. The molecule has 0 unspecified atom stereocenters. The van der Waals surface area contributed by atoms with E-state index in [0.717, 1.165) is 30.6 Å². The molecule has 0 radical (unpaired) electrons. The van der Waals surface area contributed by atoms with Gasteiger partial charge in [0.1, 0.15) is 0 Å². The van der Waals surface area contributed by atoms with E-state index in [1.54, 1.807) is 11.8 Å². The standard InChI is InChI=1S/C16H22ClNO2S/c1-2-11-21-12-15(19)18-16(7-9-20-10-8-16)13-3-5-14(17)6-4-13/h3-6H,2,7-12H2,1H3,(H,18,19). The van der Waals surface area contributed by atoms with Crippen LogP contribution in [0.4, 0.5) is 0 Å². The summed E-state index contributed by atoms with van der Waals surface area (Å²) in [7, 11) is 0. The van der Waals surface area contributed by atoms with Crippen molar-refractivity contribution in [3.63, 3.8) is 0 Å². The molecule has 0 atom stereocenters. The fourth-order valence-corrected chi connectivity index (χ4v) is 3.40. The number of halogens is 1. The summed E-state index contributed by atoms with van der Waals surface area (Å²) in [5.41, 5.74) is 0.802. The number of hydrogen-bond acceptors (Lipinski definition) is 3. The molecule has 5 heteroatoms. The number of amides is 1. The molecule has 1 aliphatic heterocycles. The molecule has 0 saturated carbocycles. The third kappa shape index (κ3) is 4.63. The Bertz CT molecular complexity index is 458. The molecule has 1 amide bonds. The number of hydrogen-bond donors (Lipinski definition) is 1. The topological polar surface area (TPSA) is 38.3 Å². The molecule has 0 bridgehead atoms. The molecule has 0 aliphatic carbocycles. The highest BCUT2D eigenvalue weighted by atomic mass is 35.5. The highest BCUT2D eigenvalue weighted by Crippen LogP contribution is 2.33. The van der Waals surface area contributed by atoms with E-state index in [-0.39, 0.29) is 11.4 Å². The molecule has 1 fully saturated rings. The average Bonchev–Trinajstić information content (AvgIpc) is 2.49. The van der Waals surface area contributed by atoms with E-state index in [9.17, 15) is 4.79 Å². The first kappa shape index (κ1) is 16.7. The van der Waals surface area contributed by atoms with E-state index in [2.05, 4.69) is 12.2 Å². The Kier molecular flexibility index (Phi) is 6.40. The molecule has 116 valence electrons. The Balaban J connectivity index is 2.09. The van der Waals surface area contributed by atoms with Gasteiger partial charge in [-0.2, -0.15) is 11.8 Å². The summed E-state index contributed by atoms with van der Waals surface area (Å²) in [6.07, 6.45) is 2.70. The normalized spacial score (nSPS) is 17.4. The van der Waals surface area contributed by atoms with Crippen molar-refractivity contribution in [2.24, 2.45) is 0 Å². The first-order valence-corrected chi connectivity index (χ1v) is 8.92. The predicted molar refractivity (Wildman–Crippen MR) is 88.9 cm³/mol. The molecular formula is C16H22ClNO2S. The van der Waals surface area contributed by atoms with E-state index < -0.39 is 0 Å². The van der Waals surface area contributed by atoms with Gasteiger partial charge in [0.25, 0.3) is 0 Å². The van der Waals surface area contributed by atoms with Gasteiger partial charge in [0.15, 0.2) is 0 Å². The molecule has 0 spiro atoms. The van der Waals surface area contributed by atoms with Gasteiger partial charge >= 0.3 is 0 Å². The van der Waals surface area contributed by atoms with Crippen LogP contribution in [0.15, 0.2) is 24.3 Å². The second-order valence-electron chi connectivity index (χ2n) is 5.30. The van der Waals surface area contributed by atoms with Gasteiger partial charge in [0, 0.05) is 18.2 Å². The zero-order valence-electron chi connectivity index (χ0n) is 12.4. The van der Waals surface area contributed by atoms with Crippen molar-refractivity contribution in [1.29, 1.82) is 0 Å². The van der Waals surface area contributed by atoms with Gasteiger partial charge in [-0.3, -0.25) is 4.79 Å². The van der Waals surface area contributed by atoms with Crippen LogP contribution in [0.2, 0.25) is 5.02 Å². The minimum Gasteiger partial charge on any atom is -0.381 e. The zero-order chi connectivity index (χ0) is 15.1. The van der Waals surface area contributed by atoms with Crippen molar-refractivity contribution in [2.75, 3.05) is 24.7 Å². The number of thioether (sulfide) groups is 1. The van der Waals surface area contributed by atoms with Gasteiger partial charge < -0.3 is 10.1 Å². The molecule has 1 aromatic rings. The average molecular weight is 328 g/mol. The van der Waals surface area contributed by atoms with E-state index in [1.165, 1.54) is 0 Å². The van der Waals surface area contributed by atoms with E-state index in [0.29, 0.717) is 24.0 Å². The smallest absolute Gasteiger partial charge is 0.230 e. The van der Waals surface area contributed by atoms with Crippen LogP contribution in [-0.2, 0) is 15.1 Å². The fraction of sp³-hybridized carbons (Fsp3) is 0.562. The van der Waals surface area contributed by atoms with Crippen molar-refractivity contribution >= 4 is 29.3 Å². The molecule has 1 aromatic carbocycles. The van der Waals surface area contributed by atoms with Crippen LogP contribution in [-0.4, -0.2) is 30.6 Å². The lowest BCUT2D eigenvalue weighted by molar-refractivity contribution is -0.121. The van der Waals surface area contributed by atoms with Crippen LogP contribution < -0.4 is 5.32 Å². The summed E-state index contributed by atoms with van der Waals surface area (Å²) >= 11 is 7.65. The first-order chi connectivity index (χ1) is 10.2. The van der Waals surface area contributed by atoms with Crippen molar-refractivity contribution in [1.82, 2.24) is 5.32 Å². The summed E-state index contributed by atoms with van der Waals surface area (Å²) in [6.45, 7) is 3.47. The van der Waals surface area contributed by atoms with Gasteiger partial charge in [-0.15, -0.1) is 0 Å². The highest BCUT2D eigenvalue weighted by molar-refractivity contribution is 7.99. The van der Waals surface area contributed by atoms with Crippen molar-refractivity contribution < 1.29 is 9.53 Å². The largest absolute Gasteiger partial charge is 0.381 e. The maximum atomic E-state index is 12.2. The molecule has 0 aromatic heterocycles. The molecule has 3 nitrogen and oxygen atoms in total. The van der Waals surface area contributed by atoms with Gasteiger partial charge in [-0.05, 0) is 42.7 Å². The first-order valence-electron chi connectivity index (χ1n) is 7.39. The number of carbonyl (C=O) groups excluding carboxylic acids is 1. The number of benzene rings is 1. The Morgan fingerprint density at radius 3 is 2.62 bits per heavy atom. The summed E-state index contributed by atoms with van der Waals surface area (Å²) in [4.78, 5) is 12.2. The third-order valence-electron chi connectivity index (χ3n) is 3.70. The van der Waals surface area contributed by atoms with Crippen LogP contribution in [0.1, 0.15) is 31.7 Å². The van der Waals surface area contributed by atoms with Crippen LogP contribution in [0.25, 0.3) is 0 Å². The van der Waals surface area contributed by atoms with Gasteiger partial charge in [-0.25, -0.2) is 0 Å². The van der Waals surface area contributed by atoms with Crippen LogP contribution in [0.3, 0.4) is 0 Å². The summed E-state index contributed by atoms with van der Waals surface area (Å²) in [6, 6.07) is 7.78. The van der Waals surface area contributed by atoms with E-state index in [1.807, 2.05) is 24.3 Å². The van der Waals surface area contributed by atoms with Crippen LogP contribution >= 0.6 is 23.4 Å². The second kappa shape index (κ2) is 8.06. The lowest BCUT2D eigenvalue weighted by Gasteiger charge is -2.38. The zero-order valence-corrected chi connectivity index (χ0v) is 13.9. The molecule has 21 heavy (non-hydrogen) atoms. The molecule has 1 aliphatic rings. The molecule has 1 saturated heterocycles. The monoisotopic (exact) mass is 327 g/mol. The van der Waals surface area contributed by atoms with Gasteiger partial charge in [0.2, 0.25) is 5.91 Å². The molecule has 1 N–H and O–H groups in total. The van der Waals surface area contributed by atoms with Gasteiger partial charge in [0.05, 0.1) is 11.3 Å². The van der Waals surface area contributed by atoms with E-state index >= 15 is 0 Å². The minimum absolute atomic E-state index is 0.102.